The van der Waals surface area contributed by atoms with E-state index in [1.54, 1.807) is 4.80 Å². The third-order valence-corrected chi connectivity index (χ3v) is 3.22. The van der Waals surface area contributed by atoms with Gasteiger partial charge in [0.15, 0.2) is 5.69 Å². The highest BCUT2D eigenvalue weighted by Crippen LogP contribution is 2.30. The lowest BCUT2D eigenvalue weighted by atomic mass is 9.88. The fraction of sp³-hybridized carbons (Fsp3) is 0.727. The zero-order chi connectivity index (χ0) is 11.5. The Balaban J connectivity index is 2.04. The summed E-state index contributed by atoms with van der Waals surface area (Å²) in [7, 11) is 1.35. The summed E-state index contributed by atoms with van der Waals surface area (Å²) in [4.78, 5) is 12.9. The topological polar surface area (TPSA) is 57.0 Å². The van der Waals surface area contributed by atoms with Crippen LogP contribution in [-0.2, 0) is 4.74 Å². The van der Waals surface area contributed by atoms with Crippen molar-refractivity contribution in [1.29, 1.82) is 0 Å². The van der Waals surface area contributed by atoms with E-state index >= 15 is 0 Å². The molecule has 0 aliphatic heterocycles. The molecule has 1 fully saturated rings. The average Bonchev–Trinajstić information content (AvgIpc) is 2.78. The number of aromatic nitrogens is 3. The molecule has 16 heavy (non-hydrogen) atoms. The maximum absolute atomic E-state index is 11.2. The lowest BCUT2D eigenvalue weighted by Gasteiger charge is -2.25. The van der Waals surface area contributed by atoms with Crippen LogP contribution in [0.3, 0.4) is 0 Å². The van der Waals surface area contributed by atoms with Crippen LogP contribution < -0.4 is 0 Å². The van der Waals surface area contributed by atoms with Crippen LogP contribution in [0.25, 0.3) is 0 Å². The largest absolute Gasteiger partial charge is 0.464 e. The van der Waals surface area contributed by atoms with Crippen molar-refractivity contribution >= 4 is 5.97 Å². The lowest BCUT2D eigenvalue weighted by Crippen LogP contribution is -2.19. The van der Waals surface area contributed by atoms with Gasteiger partial charge in [0, 0.05) is 0 Å². The van der Waals surface area contributed by atoms with E-state index in [0.29, 0.717) is 11.7 Å². The normalized spacial score (nSPS) is 25.4. The minimum Gasteiger partial charge on any atom is -0.464 e. The van der Waals surface area contributed by atoms with Gasteiger partial charge in [0.2, 0.25) is 0 Å². The molecule has 0 radical (unpaired) electrons. The van der Waals surface area contributed by atoms with Gasteiger partial charge < -0.3 is 4.74 Å². The van der Waals surface area contributed by atoms with E-state index in [1.807, 2.05) is 0 Å². The SMILES string of the molecule is COC(=O)c1cnn(C2CCC(C)CC2)n1. The molecule has 1 aromatic rings. The highest BCUT2D eigenvalue weighted by molar-refractivity contribution is 5.86. The monoisotopic (exact) mass is 223 g/mol. The predicted molar refractivity (Wildman–Crippen MR) is 58.0 cm³/mol. The van der Waals surface area contributed by atoms with Gasteiger partial charge >= 0.3 is 5.97 Å². The van der Waals surface area contributed by atoms with Gasteiger partial charge in [-0.2, -0.15) is 9.90 Å². The molecule has 1 saturated carbocycles. The molecule has 0 N–H and O–H groups in total. The number of carbonyl (C=O) groups excluding carboxylic acids is 1. The zero-order valence-corrected chi connectivity index (χ0v) is 9.72. The molecule has 0 bridgehead atoms. The summed E-state index contributed by atoms with van der Waals surface area (Å²) >= 11 is 0. The van der Waals surface area contributed by atoms with E-state index in [2.05, 4.69) is 21.9 Å². The van der Waals surface area contributed by atoms with Gasteiger partial charge in [0.05, 0.1) is 19.3 Å². The van der Waals surface area contributed by atoms with Crippen molar-refractivity contribution in [3.05, 3.63) is 11.9 Å². The van der Waals surface area contributed by atoms with E-state index in [4.69, 9.17) is 0 Å². The molecule has 0 aromatic carbocycles. The molecular weight excluding hydrogens is 206 g/mol. The molecule has 0 unspecified atom stereocenters. The van der Waals surface area contributed by atoms with Crippen LogP contribution in [0.1, 0.15) is 49.1 Å². The van der Waals surface area contributed by atoms with Crippen LogP contribution in [0.5, 0.6) is 0 Å². The Morgan fingerprint density at radius 3 is 2.75 bits per heavy atom. The standard InChI is InChI=1S/C11H17N3O2/c1-8-3-5-9(6-4-8)14-12-7-10(13-14)11(15)16-2/h7-9H,3-6H2,1-2H3. The Bertz CT molecular complexity index is 367. The molecule has 1 heterocycles. The number of hydrogen-bond donors (Lipinski definition) is 0. The molecule has 1 aromatic heterocycles. The quantitative estimate of drug-likeness (QED) is 0.717. The Morgan fingerprint density at radius 1 is 1.44 bits per heavy atom. The Kier molecular flexibility index (Phi) is 3.22. The lowest BCUT2D eigenvalue weighted by molar-refractivity contribution is 0.0592. The van der Waals surface area contributed by atoms with Gasteiger partial charge in [0.25, 0.3) is 0 Å². The third-order valence-electron chi connectivity index (χ3n) is 3.22. The van der Waals surface area contributed by atoms with Crippen LogP contribution in [0.4, 0.5) is 0 Å². The van der Waals surface area contributed by atoms with Gasteiger partial charge in [-0.3, -0.25) is 0 Å². The highest BCUT2D eigenvalue weighted by Gasteiger charge is 2.22. The molecule has 5 heteroatoms. The van der Waals surface area contributed by atoms with Crippen molar-refractivity contribution in [3.8, 4) is 0 Å². The highest BCUT2D eigenvalue weighted by atomic mass is 16.5. The molecule has 0 spiro atoms. The van der Waals surface area contributed by atoms with Gasteiger partial charge in [0.1, 0.15) is 0 Å². The Hall–Kier alpha value is -1.39. The summed E-state index contributed by atoms with van der Waals surface area (Å²) in [6.07, 6.45) is 6.08. The molecule has 0 amide bonds. The molecule has 1 aliphatic carbocycles. The second-order valence-corrected chi connectivity index (χ2v) is 4.46. The maximum atomic E-state index is 11.2. The van der Waals surface area contributed by atoms with Crippen LogP contribution in [0.2, 0.25) is 0 Å². The van der Waals surface area contributed by atoms with E-state index in [0.717, 1.165) is 18.8 Å². The van der Waals surface area contributed by atoms with Crippen molar-refractivity contribution < 1.29 is 9.53 Å². The van der Waals surface area contributed by atoms with Crippen LogP contribution in [-0.4, -0.2) is 28.1 Å². The van der Waals surface area contributed by atoms with Gasteiger partial charge in [-0.05, 0) is 31.6 Å². The molecule has 1 aliphatic rings. The molecule has 0 atom stereocenters. The van der Waals surface area contributed by atoms with E-state index in [1.165, 1.54) is 26.1 Å². The Labute approximate surface area is 94.8 Å². The van der Waals surface area contributed by atoms with E-state index in [-0.39, 0.29) is 0 Å². The van der Waals surface area contributed by atoms with Crippen molar-refractivity contribution in [2.24, 2.45) is 5.92 Å². The molecule has 5 nitrogen and oxygen atoms in total. The second kappa shape index (κ2) is 4.63. The summed E-state index contributed by atoms with van der Waals surface area (Å²) < 4.78 is 4.60. The summed E-state index contributed by atoms with van der Waals surface area (Å²) in [5.41, 5.74) is 0.293. The van der Waals surface area contributed by atoms with Gasteiger partial charge in [-0.25, -0.2) is 4.79 Å². The predicted octanol–water partition coefficient (Wildman–Crippen LogP) is 1.82. The number of rotatable bonds is 2. The van der Waals surface area contributed by atoms with Crippen molar-refractivity contribution in [1.82, 2.24) is 15.0 Å². The van der Waals surface area contributed by atoms with Crippen LogP contribution in [0, 0.1) is 5.92 Å². The first-order valence-corrected chi connectivity index (χ1v) is 5.71. The second-order valence-electron chi connectivity index (χ2n) is 4.46. The maximum Gasteiger partial charge on any atom is 0.360 e. The number of carbonyl (C=O) groups is 1. The molecular formula is C11H17N3O2. The fourth-order valence-corrected chi connectivity index (χ4v) is 2.12. The summed E-state index contributed by atoms with van der Waals surface area (Å²) in [5.74, 6) is 0.377. The average molecular weight is 223 g/mol. The first-order valence-electron chi connectivity index (χ1n) is 5.71. The fourth-order valence-electron chi connectivity index (χ4n) is 2.12. The van der Waals surface area contributed by atoms with Gasteiger partial charge in [-0.15, -0.1) is 5.10 Å². The van der Waals surface area contributed by atoms with Crippen LogP contribution in [0.15, 0.2) is 6.20 Å². The number of nitrogens with zero attached hydrogens (tertiary/aromatic N) is 3. The molecule has 88 valence electrons. The summed E-state index contributed by atoms with van der Waals surface area (Å²) in [6, 6.07) is 0.342. The number of hydrogen-bond acceptors (Lipinski definition) is 4. The van der Waals surface area contributed by atoms with Gasteiger partial charge in [-0.1, -0.05) is 6.92 Å². The van der Waals surface area contributed by atoms with Crippen molar-refractivity contribution in [2.45, 2.75) is 38.6 Å². The minimum atomic E-state index is -0.421. The number of esters is 1. The van der Waals surface area contributed by atoms with E-state index < -0.39 is 5.97 Å². The first-order chi connectivity index (χ1) is 7.70. The van der Waals surface area contributed by atoms with Crippen LogP contribution >= 0.6 is 0 Å². The molecule has 0 saturated heterocycles. The molecule has 2 rings (SSSR count). The van der Waals surface area contributed by atoms with Crippen molar-refractivity contribution in [3.63, 3.8) is 0 Å². The first kappa shape index (κ1) is 11.1. The summed E-state index contributed by atoms with van der Waals surface area (Å²) in [5, 5.41) is 8.30. The number of ether oxygens (including phenoxy) is 1. The van der Waals surface area contributed by atoms with E-state index in [9.17, 15) is 4.79 Å². The number of methoxy groups -OCH3 is 1. The zero-order valence-electron chi connectivity index (χ0n) is 9.72. The smallest absolute Gasteiger partial charge is 0.360 e. The minimum absolute atomic E-state index is 0.293. The summed E-state index contributed by atoms with van der Waals surface area (Å²) in [6.45, 7) is 2.27. The Morgan fingerprint density at radius 2 is 2.12 bits per heavy atom. The van der Waals surface area contributed by atoms with Crippen molar-refractivity contribution in [2.75, 3.05) is 7.11 Å². The third kappa shape index (κ3) is 2.23.